The Bertz CT molecular complexity index is 858. The molecule has 0 bridgehead atoms. The quantitative estimate of drug-likeness (QED) is 0.550. The number of carbonyl (C=O) groups excluding carboxylic acids is 1. The Morgan fingerprint density at radius 3 is 2.79 bits per heavy atom. The summed E-state index contributed by atoms with van der Waals surface area (Å²) >= 11 is 1.42. The van der Waals surface area contributed by atoms with Gasteiger partial charge in [-0.2, -0.15) is 0 Å². The molecular formula is C22H31N5OS. The second-order valence-corrected chi connectivity index (χ2v) is 8.89. The van der Waals surface area contributed by atoms with Crippen molar-refractivity contribution in [2.75, 3.05) is 22.5 Å². The number of amides is 1. The van der Waals surface area contributed by atoms with Crippen LogP contribution in [0.3, 0.4) is 0 Å². The van der Waals surface area contributed by atoms with Crippen LogP contribution < -0.4 is 16.0 Å². The van der Waals surface area contributed by atoms with E-state index in [0.717, 1.165) is 44.2 Å². The van der Waals surface area contributed by atoms with Crippen molar-refractivity contribution in [2.45, 2.75) is 58.9 Å². The summed E-state index contributed by atoms with van der Waals surface area (Å²) < 4.78 is 0. The minimum Gasteiger partial charge on any atom is -0.398 e. The van der Waals surface area contributed by atoms with Gasteiger partial charge in [-0.25, -0.2) is 9.97 Å². The van der Waals surface area contributed by atoms with Gasteiger partial charge in [-0.3, -0.25) is 9.69 Å². The van der Waals surface area contributed by atoms with Crippen molar-refractivity contribution < 1.29 is 4.79 Å². The Labute approximate surface area is 177 Å². The number of nitrogens with two attached hydrogens (primary N) is 1. The van der Waals surface area contributed by atoms with Crippen LogP contribution in [0.1, 0.15) is 57.0 Å². The molecule has 2 aromatic rings. The van der Waals surface area contributed by atoms with Crippen LogP contribution in [0.2, 0.25) is 0 Å². The number of thiazole rings is 1. The van der Waals surface area contributed by atoms with Gasteiger partial charge >= 0.3 is 0 Å². The molecule has 7 heteroatoms. The summed E-state index contributed by atoms with van der Waals surface area (Å²) in [6, 6.07) is 2.04. The molecule has 0 aromatic carbocycles. The topological polar surface area (TPSA) is 84.1 Å². The van der Waals surface area contributed by atoms with Gasteiger partial charge < -0.3 is 11.1 Å². The number of hydrogen-bond acceptors (Lipinski definition) is 6. The number of nitrogen functional groups attached to an aromatic ring is 1. The first-order valence-electron chi connectivity index (χ1n) is 10.4. The molecule has 0 unspecified atom stereocenters. The maximum atomic E-state index is 13.4. The Kier molecular flexibility index (Phi) is 6.90. The molecule has 1 aliphatic carbocycles. The summed E-state index contributed by atoms with van der Waals surface area (Å²) in [6.45, 7) is 11.3. The van der Waals surface area contributed by atoms with Crippen molar-refractivity contribution in [3.8, 4) is 0 Å². The fraction of sp³-hybridized carbons (Fsp3) is 0.500. The Hall–Kier alpha value is -2.41. The van der Waals surface area contributed by atoms with Gasteiger partial charge in [0.2, 0.25) is 0 Å². The number of carbonyl (C=O) groups is 1. The SMILES string of the molecule is C=C(C(=O)N(c1nc(NCC(C)C)cc(N)c1CCCC)C1CC1)c1nccs1. The summed E-state index contributed by atoms with van der Waals surface area (Å²) in [5.41, 5.74) is 8.50. The predicted molar refractivity (Wildman–Crippen MR) is 122 cm³/mol. The van der Waals surface area contributed by atoms with Crippen LogP contribution in [0.15, 0.2) is 24.2 Å². The Balaban J connectivity index is 2.00. The molecule has 3 rings (SSSR count). The molecule has 0 spiro atoms. The number of anilines is 3. The lowest BCUT2D eigenvalue weighted by atomic mass is 10.1. The zero-order valence-electron chi connectivity index (χ0n) is 17.6. The number of nitrogens with one attached hydrogen (secondary N) is 1. The number of unbranched alkanes of at least 4 members (excludes halogenated alkanes) is 1. The van der Waals surface area contributed by atoms with Gasteiger partial charge in [0.15, 0.2) is 0 Å². The van der Waals surface area contributed by atoms with Crippen LogP contribution in [0.5, 0.6) is 0 Å². The third-order valence-corrected chi connectivity index (χ3v) is 5.75. The van der Waals surface area contributed by atoms with Crippen molar-refractivity contribution in [2.24, 2.45) is 5.92 Å². The van der Waals surface area contributed by atoms with Gasteiger partial charge in [-0.1, -0.05) is 33.8 Å². The van der Waals surface area contributed by atoms with E-state index in [-0.39, 0.29) is 11.9 Å². The van der Waals surface area contributed by atoms with E-state index in [1.165, 1.54) is 11.3 Å². The van der Waals surface area contributed by atoms with E-state index in [9.17, 15) is 4.79 Å². The standard InChI is InChI=1S/C22H31N5OS/c1-5-6-7-17-18(23)12-19(25-13-14(2)3)26-20(17)27(16-8-9-16)22(28)15(4)21-24-10-11-29-21/h10-12,14,16H,4-9,13H2,1-3H3,(H3,23,25,26). The summed E-state index contributed by atoms with van der Waals surface area (Å²) in [5, 5.41) is 5.86. The molecule has 0 radical (unpaired) electrons. The highest BCUT2D eigenvalue weighted by atomic mass is 32.1. The molecule has 29 heavy (non-hydrogen) atoms. The minimum atomic E-state index is -0.131. The molecular weight excluding hydrogens is 382 g/mol. The van der Waals surface area contributed by atoms with E-state index in [2.05, 4.69) is 37.7 Å². The fourth-order valence-corrected chi connectivity index (χ4v) is 3.76. The van der Waals surface area contributed by atoms with Crippen LogP contribution >= 0.6 is 11.3 Å². The van der Waals surface area contributed by atoms with Gasteiger partial charge in [-0.05, 0) is 31.6 Å². The molecule has 1 saturated carbocycles. The molecule has 2 aromatic heterocycles. The highest BCUT2D eigenvalue weighted by molar-refractivity contribution is 7.11. The first kappa shape index (κ1) is 21.3. The number of aromatic nitrogens is 2. The van der Waals surface area contributed by atoms with E-state index >= 15 is 0 Å². The first-order valence-corrected chi connectivity index (χ1v) is 11.3. The van der Waals surface area contributed by atoms with E-state index in [4.69, 9.17) is 10.7 Å². The molecule has 3 N–H and O–H groups in total. The summed E-state index contributed by atoms with van der Waals surface area (Å²) in [5.74, 6) is 1.74. The molecule has 0 saturated heterocycles. The predicted octanol–water partition coefficient (Wildman–Crippen LogP) is 4.74. The van der Waals surface area contributed by atoms with Crippen molar-refractivity contribution in [1.82, 2.24) is 9.97 Å². The average molecular weight is 414 g/mol. The normalized spacial score (nSPS) is 13.5. The lowest BCUT2D eigenvalue weighted by Gasteiger charge is -2.26. The molecule has 156 valence electrons. The van der Waals surface area contributed by atoms with Gasteiger partial charge in [0.25, 0.3) is 5.91 Å². The van der Waals surface area contributed by atoms with E-state index in [0.29, 0.717) is 33.8 Å². The molecule has 6 nitrogen and oxygen atoms in total. The summed E-state index contributed by atoms with van der Waals surface area (Å²) in [7, 11) is 0. The number of nitrogens with zero attached hydrogens (tertiary/aromatic N) is 3. The van der Waals surface area contributed by atoms with E-state index in [1.54, 1.807) is 6.20 Å². The van der Waals surface area contributed by atoms with Crippen molar-refractivity contribution >= 4 is 40.1 Å². The van der Waals surface area contributed by atoms with Crippen LogP contribution in [-0.2, 0) is 11.2 Å². The molecule has 1 aliphatic rings. The largest absolute Gasteiger partial charge is 0.398 e. The third kappa shape index (κ3) is 5.15. The van der Waals surface area contributed by atoms with Crippen molar-refractivity contribution in [3.05, 3.63) is 34.8 Å². The molecule has 1 amide bonds. The Morgan fingerprint density at radius 2 is 2.21 bits per heavy atom. The Morgan fingerprint density at radius 1 is 1.45 bits per heavy atom. The van der Waals surface area contributed by atoms with Crippen LogP contribution in [-0.4, -0.2) is 28.5 Å². The van der Waals surface area contributed by atoms with Gasteiger partial charge in [-0.15, -0.1) is 11.3 Å². The number of pyridine rings is 1. The zero-order chi connectivity index (χ0) is 21.0. The van der Waals surface area contributed by atoms with Gasteiger partial charge in [0.05, 0.1) is 5.57 Å². The van der Waals surface area contributed by atoms with Crippen LogP contribution in [0.4, 0.5) is 17.3 Å². The fourth-order valence-electron chi connectivity index (χ4n) is 3.16. The van der Waals surface area contributed by atoms with Crippen LogP contribution in [0.25, 0.3) is 5.57 Å². The highest BCUT2D eigenvalue weighted by Gasteiger charge is 2.38. The first-order chi connectivity index (χ1) is 13.9. The van der Waals surface area contributed by atoms with Gasteiger partial charge in [0.1, 0.15) is 16.6 Å². The molecule has 1 fully saturated rings. The zero-order valence-corrected chi connectivity index (χ0v) is 18.4. The second kappa shape index (κ2) is 9.39. The monoisotopic (exact) mass is 413 g/mol. The lowest BCUT2D eigenvalue weighted by Crippen LogP contribution is -2.35. The molecule has 0 aliphatic heterocycles. The molecule has 0 atom stereocenters. The maximum Gasteiger partial charge on any atom is 0.262 e. The van der Waals surface area contributed by atoms with E-state index in [1.807, 2.05) is 16.3 Å². The number of rotatable bonds is 10. The maximum absolute atomic E-state index is 13.4. The minimum absolute atomic E-state index is 0.131. The summed E-state index contributed by atoms with van der Waals surface area (Å²) in [4.78, 5) is 24.4. The second-order valence-electron chi connectivity index (χ2n) is 8.00. The lowest BCUT2D eigenvalue weighted by molar-refractivity contribution is -0.113. The van der Waals surface area contributed by atoms with E-state index < -0.39 is 0 Å². The smallest absolute Gasteiger partial charge is 0.262 e. The molecule has 2 heterocycles. The third-order valence-electron chi connectivity index (χ3n) is 4.92. The summed E-state index contributed by atoms with van der Waals surface area (Å²) in [6.07, 6.45) is 6.48. The van der Waals surface area contributed by atoms with Crippen molar-refractivity contribution in [3.63, 3.8) is 0 Å². The highest BCUT2D eigenvalue weighted by Crippen LogP contribution is 2.38. The average Bonchev–Trinajstić information content (AvgIpc) is 3.36. The van der Waals surface area contributed by atoms with Crippen molar-refractivity contribution in [1.29, 1.82) is 0 Å². The number of hydrogen-bond donors (Lipinski definition) is 2. The van der Waals surface area contributed by atoms with Crippen LogP contribution in [0, 0.1) is 5.92 Å². The van der Waals surface area contributed by atoms with Gasteiger partial charge in [0, 0.05) is 41.5 Å².